The van der Waals surface area contributed by atoms with Gasteiger partial charge in [0, 0.05) is 5.54 Å². The Morgan fingerprint density at radius 2 is 1.62 bits per heavy atom. The second kappa shape index (κ2) is 7.83. The van der Waals surface area contributed by atoms with Gasteiger partial charge in [-0.05, 0) is 104 Å². The summed E-state index contributed by atoms with van der Waals surface area (Å²) in [6.07, 6.45) is 17.1. The van der Waals surface area contributed by atoms with Crippen molar-refractivity contribution in [2.45, 2.75) is 124 Å². The number of hydrogen-bond acceptors (Lipinski definition) is 1. The van der Waals surface area contributed by atoms with Crippen molar-refractivity contribution < 1.29 is 0 Å². The molecule has 4 saturated carbocycles. The van der Waals surface area contributed by atoms with Crippen molar-refractivity contribution in [1.82, 2.24) is 0 Å². The summed E-state index contributed by atoms with van der Waals surface area (Å²) in [5.74, 6) is 6.45. The Labute approximate surface area is 182 Å². The first-order valence-corrected chi connectivity index (χ1v) is 13.4. The molecule has 4 aliphatic rings. The highest BCUT2D eigenvalue weighted by Gasteiger charge is 2.63. The van der Waals surface area contributed by atoms with E-state index >= 15 is 0 Å². The van der Waals surface area contributed by atoms with Gasteiger partial charge >= 0.3 is 0 Å². The second-order valence-corrected chi connectivity index (χ2v) is 13.4. The van der Waals surface area contributed by atoms with Crippen LogP contribution in [0, 0.1) is 52.3 Å². The van der Waals surface area contributed by atoms with E-state index < -0.39 is 0 Å². The van der Waals surface area contributed by atoms with Gasteiger partial charge in [-0.15, -0.1) is 0 Å². The molecule has 7 unspecified atom stereocenters. The van der Waals surface area contributed by atoms with Gasteiger partial charge in [0.15, 0.2) is 0 Å². The Hall–Kier alpha value is -0.0400. The lowest BCUT2D eigenvalue weighted by Crippen LogP contribution is -2.66. The highest BCUT2D eigenvalue weighted by Crippen LogP contribution is 2.69. The Kier molecular flexibility index (Phi) is 5.98. The van der Waals surface area contributed by atoms with Crippen LogP contribution >= 0.6 is 0 Å². The lowest BCUT2D eigenvalue weighted by molar-refractivity contribution is -0.131. The van der Waals surface area contributed by atoms with Crippen molar-refractivity contribution in [1.29, 1.82) is 0 Å². The first-order chi connectivity index (χ1) is 13.6. The molecule has 0 aromatic rings. The van der Waals surface area contributed by atoms with Gasteiger partial charge in [0.2, 0.25) is 0 Å². The van der Waals surface area contributed by atoms with Crippen LogP contribution in [0.25, 0.3) is 0 Å². The molecule has 0 heterocycles. The van der Waals surface area contributed by atoms with Crippen molar-refractivity contribution in [2.24, 2.45) is 58.0 Å². The van der Waals surface area contributed by atoms with Crippen molar-refractivity contribution in [3.63, 3.8) is 0 Å². The quantitative estimate of drug-likeness (QED) is 0.499. The van der Waals surface area contributed by atoms with Gasteiger partial charge in [-0.25, -0.2) is 0 Å². The predicted molar refractivity (Wildman–Crippen MR) is 126 cm³/mol. The summed E-state index contributed by atoms with van der Waals surface area (Å²) in [4.78, 5) is 0. The van der Waals surface area contributed by atoms with Gasteiger partial charge in [0.25, 0.3) is 0 Å². The molecule has 0 amide bonds. The third-order valence-electron chi connectivity index (χ3n) is 11.4. The van der Waals surface area contributed by atoms with Crippen LogP contribution in [-0.2, 0) is 0 Å². The van der Waals surface area contributed by atoms with Crippen LogP contribution in [0.4, 0.5) is 0 Å². The van der Waals surface area contributed by atoms with Gasteiger partial charge in [-0.3, -0.25) is 0 Å². The third kappa shape index (κ3) is 3.54. The molecule has 1 heteroatoms. The Morgan fingerprint density at radius 3 is 2.34 bits per heavy atom. The van der Waals surface area contributed by atoms with Gasteiger partial charge in [-0.2, -0.15) is 0 Å². The monoisotopic (exact) mass is 401 g/mol. The second-order valence-electron chi connectivity index (χ2n) is 13.4. The zero-order valence-corrected chi connectivity index (χ0v) is 20.6. The van der Waals surface area contributed by atoms with Crippen LogP contribution in [-0.4, -0.2) is 5.54 Å². The van der Waals surface area contributed by atoms with E-state index in [9.17, 15) is 0 Å². The van der Waals surface area contributed by atoms with Crippen LogP contribution in [0.1, 0.15) is 119 Å². The standard InChI is InChI=1S/C28H51N/c1-19(2)8-7-9-21(4)23-10-11-24-22-13-17-28(29)18-20(3)12-16-27(28,6)25(22)14-15-26(23,24)5/h19-25H,7-18,29H2,1-6H3/t20?,21?,22?,23?,24?,25?,26?,27-,28+/m0/s1. The van der Waals surface area contributed by atoms with E-state index in [1.54, 1.807) is 0 Å². The van der Waals surface area contributed by atoms with Gasteiger partial charge in [-0.1, -0.05) is 67.2 Å². The molecule has 0 aromatic carbocycles. The van der Waals surface area contributed by atoms with Crippen molar-refractivity contribution in [3.8, 4) is 0 Å². The van der Waals surface area contributed by atoms with Crippen molar-refractivity contribution >= 4 is 0 Å². The van der Waals surface area contributed by atoms with Gasteiger partial charge in [0.1, 0.15) is 0 Å². The zero-order valence-electron chi connectivity index (χ0n) is 20.6. The minimum Gasteiger partial charge on any atom is -0.325 e. The molecular formula is C28H51N. The van der Waals surface area contributed by atoms with E-state index in [0.29, 0.717) is 10.8 Å². The Morgan fingerprint density at radius 1 is 0.862 bits per heavy atom. The number of nitrogens with two attached hydrogens (primary N) is 1. The minimum atomic E-state index is 0.127. The first-order valence-electron chi connectivity index (χ1n) is 13.4. The molecule has 29 heavy (non-hydrogen) atoms. The topological polar surface area (TPSA) is 26.0 Å². The molecule has 0 radical (unpaired) electrons. The lowest BCUT2D eigenvalue weighted by atomic mass is 9.42. The smallest absolute Gasteiger partial charge is 0.0214 e. The van der Waals surface area contributed by atoms with E-state index in [1.807, 2.05) is 0 Å². The zero-order chi connectivity index (χ0) is 21.0. The fourth-order valence-corrected chi connectivity index (χ4v) is 9.62. The highest BCUT2D eigenvalue weighted by molar-refractivity contribution is 5.15. The summed E-state index contributed by atoms with van der Waals surface area (Å²) in [5.41, 5.74) is 8.37. The number of hydrogen-bond donors (Lipinski definition) is 1. The summed E-state index contributed by atoms with van der Waals surface area (Å²) in [5, 5.41) is 0. The molecule has 0 spiro atoms. The molecule has 0 saturated heterocycles. The average molecular weight is 402 g/mol. The molecule has 0 bridgehead atoms. The summed E-state index contributed by atoms with van der Waals surface area (Å²) >= 11 is 0. The maximum Gasteiger partial charge on any atom is 0.0214 e. The van der Waals surface area contributed by atoms with E-state index in [4.69, 9.17) is 5.73 Å². The molecule has 0 aliphatic heterocycles. The average Bonchev–Trinajstić information content (AvgIpc) is 2.99. The Balaban J connectivity index is 1.49. The number of fused-ring (bicyclic) bond motifs is 5. The third-order valence-corrected chi connectivity index (χ3v) is 11.4. The summed E-state index contributed by atoms with van der Waals surface area (Å²) in [7, 11) is 0. The molecule has 9 atom stereocenters. The minimum absolute atomic E-state index is 0.127. The Bertz CT molecular complexity index is 583. The summed E-state index contributed by atoms with van der Waals surface area (Å²) < 4.78 is 0. The molecule has 4 aliphatic carbocycles. The molecule has 4 fully saturated rings. The largest absolute Gasteiger partial charge is 0.325 e. The van der Waals surface area contributed by atoms with Crippen LogP contribution in [0.2, 0.25) is 0 Å². The molecule has 1 nitrogen and oxygen atoms in total. The first kappa shape index (κ1) is 22.2. The highest BCUT2D eigenvalue weighted by atomic mass is 14.8. The van der Waals surface area contributed by atoms with Gasteiger partial charge < -0.3 is 5.73 Å². The SMILES string of the molecule is CC(C)CCCC(C)C1CCC2C3CC[C@@]4(N)CC(C)CC[C@@]4(C)C3CCC12C. The maximum absolute atomic E-state index is 7.22. The normalized spacial score (nSPS) is 50.7. The molecule has 2 N–H and O–H groups in total. The summed E-state index contributed by atoms with van der Waals surface area (Å²) in [6, 6.07) is 0. The maximum atomic E-state index is 7.22. The van der Waals surface area contributed by atoms with Gasteiger partial charge in [0.05, 0.1) is 0 Å². The van der Waals surface area contributed by atoms with Crippen LogP contribution in [0.5, 0.6) is 0 Å². The van der Waals surface area contributed by atoms with Crippen molar-refractivity contribution in [2.75, 3.05) is 0 Å². The number of rotatable bonds is 5. The molecule has 0 aromatic heterocycles. The van der Waals surface area contributed by atoms with Crippen LogP contribution in [0.3, 0.4) is 0 Å². The summed E-state index contributed by atoms with van der Waals surface area (Å²) in [6.45, 7) is 15.2. The molecular weight excluding hydrogens is 350 g/mol. The molecule has 168 valence electrons. The lowest BCUT2D eigenvalue weighted by Gasteiger charge is -2.65. The van der Waals surface area contributed by atoms with E-state index in [0.717, 1.165) is 41.4 Å². The predicted octanol–water partition coefficient (Wildman–Crippen LogP) is 7.83. The van der Waals surface area contributed by atoms with Crippen molar-refractivity contribution in [3.05, 3.63) is 0 Å². The van der Waals surface area contributed by atoms with E-state index in [-0.39, 0.29) is 5.54 Å². The fraction of sp³-hybridized carbons (Fsp3) is 1.00. The van der Waals surface area contributed by atoms with E-state index in [2.05, 4.69) is 41.5 Å². The van der Waals surface area contributed by atoms with Crippen LogP contribution in [0.15, 0.2) is 0 Å². The fourth-order valence-electron chi connectivity index (χ4n) is 9.62. The van der Waals surface area contributed by atoms with E-state index in [1.165, 1.54) is 77.0 Å². The molecule has 4 rings (SSSR count). The van der Waals surface area contributed by atoms with Crippen LogP contribution < -0.4 is 5.73 Å².